The molecule has 0 aromatic rings. The third kappa shape index (κ3) is 7.28. The monoisotopic (exact) mass is 282 g/mol. The van der Waals surface area contributed by atoms with Crippen molar-refractivity contribution in [3.63, 3.8) is 0 Å². The van der Waals surface area contributed by atoms with Gasteiger partial charge in [0.05, 0.1) is 5.92 Å². The Morgan fingerprint density at radius 1 is 1.10 bits per heavy atom. The van der Waals surface area contributed by atoms with Gasteiger partial charge in [-0.15, -0.1) is 0 Å². The molecule has 1 amide bonds. The molecular formula is C17H34N2O. The Kier molecular flexibility index (Phi) is 9.73. The van der Waals surface area contributed by atoms with Crippen molar-refractivity contribution in [2.45, 2.75) is 71.1 Å². The molecule has 1 atom stereocenters. The minimum atomic E-state index is 0.225. The maximum absolute atomic E-state index is 11.7. The highest BCUT2D eigenvalue weighted by atomic mass is 16.1. The number of piperidine rings is 1. The van der Waals surface area contributed by atoms with Crippen molar-refractivity contribution < 1.29 is 4.79 Å². The normalized spacial score (nSPS) is 20.0. The first-order chi connectivity index (χ1) is 9.77. The van der Waals surface area contributed by atoms with Gasteiger partial charge >= 0.3 is 0 Å². The number of nitrogens with zero attached hydrogens (tertiary/aromatic N) is 1. The number of likely N-dealkylation sites (tertiary alicyclic amines) is 1. The van der Waals surface area contributed by atoms with Crippen molar-refractivity contribution in [2.24, 2.45) is 5.92 Å². The van der Waals surface area contributed by atoms with Crippen molar-refractivity contribution in [1.82, 2.24) is 10.2 Å². The smallest absolute Gasteiger partial charge is 0.224 e. The van der Waals surface area contributed by atoms with Gasteiger partial charge in [0, 0.05) is 13.6 Å². The van der Waals surface area contributed by atoms with Crippen molar-refractivity contribution in [2.75, 3.05) is 26.7 Å². The number of rotatable bonds is 10. The van der Waals surface area contributed by atoms with E-state index in [1.165, 1.54) is 70.9 Å². The van der Waals surface area contributed by atoms with Gasteiger partial charge in [-0.2, -0.15) is 0 Å². The SMILES string of the molecule is CCCCCCCCCCN1CCCC(C(=O)NC)C1. The van der Waals surface area contributed by atoms with E-state index in [2.05, 4.69) is 17.1 Å². The predicted molar refractivity (Wildman–Crippen MR) is 85.8 cm³/mol. The largest absolute Gasteiger partial charge is 0.359 e. The third-order valence-electron chi connectivity index (χ3n) is 4.45. The zero-order valence-electron chi connectivity index (χ0n) is 13.6. The van der Waals surface area contributed by atoms with E-state index in [-0.39, 0.29) is 11.8 Å². The summed E-state index contributed by atoms with van der Waals surface area (Å²) in [5.41, 5.74) is 0. The van der Waals surface area contributed by atoms with Crippen LogP contribution in [0.4, 0.5) is 0 Å². The Labute approximate surface area is 125 Å². The number of amides is 1. The van der Waals surface area contributed by atoms with E-state index in [4.69, 9.17) is 0 Å². The Bertz CT molecular complexity index is 255. The molecule has 20 heavy (non-hydrogen) atoms. The molecule has 1 heterocycles. The van der Waals surface area contributed by atoms with Gasteiger partial charge in [0.15, 0.2) is 0 Å². The fourth-order valence-corrected chi connectivity index (χ4v) is 3.15. The summed E-state index contributed by atoms with van der Waals surface area (Å²) in [6, 6.07) is 0. The van der Waals surface area contributed by atoms with Crippen LogP contribution >= 0.6 is 0 Å². The van der Waals surface area contributed by atoms with E-state index < -0.39 is 0 Å². The van der Waals surface area contributed by atoms with Gasteiger partial charge in [0.25, 0.3) is 0 Å². The van der Waals surface area contributed by atoms with Crippen molar-refractivity contribution in [3.8, 4) is 0 Å². The van der Waals surface area contributed by atoms with E-state index in [1.54, 1.807) is 7.05 Å². The third-order valence-corrected chi connectivity index (χ3v) is 4.45. The summed E-state index contributed by atoms with van der Waals surface area (Å²) >= 11 is 0. The average Bonchev–Trinajstić information content (AvgIpc) is 2.49. The van der Waals surface area contributed by atoms with Gasteiger partial charge in [-0.05, 0) is 32.4 Å². The van der Waals surface area contributed by atoms with Crippen LogP contribution in [-0.2, 0) is 4.79 Å². The highest BCUT2D eigenvalue weighted by molar-refractivity contribution is 5.78. The van der Waals surface area contributed by atoms with Crippen LogP contribution in [0.5, 0.6) is 0 Å². The van der Waals surface area contributed by atoms with E-state index in [0.29, 0.717) is 0 Å². The quantitative estimate of drug-likeness (QED) is 0.621. The molecule has 1 fully saturated rings. The second kappa shape index (κ2) is 11.1. The molecule has 0 saturated carbocycles. The molecule has 0 radical (unpaired) electrons. The molecule has 3 nitrogen and oxygen atoms in total. The molecule has 1 aliphatic heterocycles. The lowest BCUT2D eigenvalue weighted by atomic mass is 9.97. The fraction of sp³-hybridized carbons (Fsp3) is 0.941. The molecule has 1 unspecified atom stereocenters. The molecule has 0 spiro atoms. The zero-order chi connectivity index (χ0) is 14.6. The minimum absolute atomic E-state index is 0.225. The summed E-state index contributed by atoms with van der Waals surface area (Å²) in [5.74, 6) is 0.452. The van der Waals surface area contributed by atoms with Crippen molar-refractivity contribution in [3.05, 3.63) is 0 Å². The summed E-state index contributed by atoms with van der Waals surface area (Å²) in [6.45, 7) is 5.60. The minimum Gasteiger partial charge on any atom is -0.359 e. The van der Waals surface area contributed by atoms with Gasteiger partial charge in [-0.3, -0.25) is 4.79 Å². The van der Waals surface area contributed by atoms with Crippen LogP contribution in [0.25, 0.3) is 0 Å². The number of hydrogen-bond donors (Lipinski definition) is 1. The maximum atomic E-state index is 11.7. The van der Waals surface area contributed by atoms with Crippen LogP contribution in [0.3, 0.4) is 0 Å². The van der Waals surface area contributed by atoms with E-state index >= 15 is 0 Å². The van der Waals surface area contributed by atoms with E-state index in [9.17, 15) is 4.79 Å². The standard InChI is InChI=1S/C17H34N2O/c1-3-4-5-6-7-8-9-10-13-19-14-11-12-16(15-19)17(20)18-2/h16H,3-15H2,1-2H3,(H,18,20). The highest BCUT2D eigenvalue weighted by Crippen LogP contribution is 2.17. The van der Waals surface area contributed by atoms with Gasteiger partial charge in [0.1, 0.15) is 0 Å². The van der Waals surface area contributed by atoms with Crippen LogP contribution in [-0.4, -0.2) is 37.5 Å². The molecule has 1 aliphatic rings. The molecule has 0 aromatic heterocycles. The lowest BCUT2D eigenvalue weighted by Crippen LogP contribution is -2.42. The van der Waals surface area contributed by atoms with Crippen molar-refractivity contribution >= 4 is 5.91 Å². The van der Waals surface area contributed by atoms with E-state index in [1.807, 2.05) is 0 Å². The Balaban J connectivity index is 2.00. The molecule has 3 heteroatoms. The summed E-state index contributed by atoms with van der Waals surface area (Å²) in [5, 5.41) is 2.79. The maximum Gasteiger partial charge on any atom is 0.224 e. The molecular weight excluding hydrogens is 248 g/mol. The lowest BCUT2D eigenvalue weighted by molar-refractivity contribution is -0.126. The topological polar surface area (TPSA) is 32.3 Å². The fourth-order valence-electron chi connectivity index (χ4n) is 3.15. The summed E-state index contributed by atoms with van der Waals surface area (Å²) in [6.07, 6.45) is 13.2. The highest BCUT2D eigenvalue weighted by Gasteiger charge is 2.24. The first-order valence-corrected chi connectivity index (χ1v) is 8.72. The van der Waals surface area contributed by atoms with Crippen LogP contribution in [0, 0.1) is 5.92 Å². The zero-order valence-corrected chi connectivity index (χ0v) is 13.6. The summed E-state index contributed by atoms with van der Waals surface area (Å²) in [7, 11) is 1.75. The first-order valence-electron chi connectivity index (χ1n) is 8.72. The number of hydrogen-bond acceptors (Lipinski definition) is 2. The van der Waals surface area contributed by atoms with Gasteiger partial charge in [-0.25, -0.2) is 0 Å². The Morgan fingerprint density at radius 3 is 2.40 bits per heavy atom. The van der Waals surface area contributed by atoms with Gasteiger partial charge in [0.2, 0.25) is 5.91 Å². The van der Waals surface area contributed by atoms with Crippen LogP contribution in [0.1, 0.15) is 71.1 Å². The summed E-state index contributed by atoms with van der Waals surface area (Å²) in [4.78, 5) is 14.2. The number of carbonyl (C=O) groups is 1. The first kappa shape index (κ1) is 17.5. The van der Waals surface area contributed by atoms with Crippen LogP contribution in [0.2, 0.25) is 0 Å². The molecule has 118 valence electrons. The number of nitrogens with one attached hydrogen (secondary N) is 1. The molecule has 1 rings (SSSR count). The summed E-state index contributed by atoms with van der Waals surface area (Å²) < 4.78 is 0. The number of carbonyl (C=O) groups excluding carboxylic acids is 1. The van der Waals surface area contributed by atoms with Crippen LogP contribution in [0.15, 0.2) is 0 Å². The molecule has 0 aliphatic carbocycles. The molecule has 1 saturated heterocycles. The second-order valence-electron chi connectivity index (χ2n) is 6.23. The molecule has 0 aromatic carbocycles. The van der Waals surface area contributed by atoms with Gasteiger partial charge < -0.3 is 10.2 Å². The number of unbranched alkanes of at least 4 members (excludes halogenated alkanes) is 7. The Hall–Kier alpha value is -0.570. The van der Waals surface area contributed by atoms with Gasteiger partial charge in [-0.1, -0.05) is 51.9 Å². The lowest BCUT2D eigenvalue weighted by Gasteiger charge is -2.31. The molecule has 0 bridgehead atoms. The van der Waals surface area contributed by atoms with Crippen molar-refractivity contribution in [1.29, 1.82) is 0 Å². The molecule has 1 N–H and O–H groups in total. The van der Waals surface area contributed by atoms with Crippen LogP contribution < -0.4 is 5.32 Å². The Morgan fingerprint density at radius 2 is 1.75 bits per heavy atom. The van der Waals surface area contributed by atoms with E-state index in [0.717, 1.165) is 13.0 Å². The second-order valence-corrected chi connectivity index (χ2v) is 6.23. The predicted octanol–water partition coefficient (Wildman–Crippen LogP) is 3.59. The average molecular weight is 282 g/mol.